The fourth-order valence-corrected chi connectivity index (χ4v) is 5.68. The lowest BCUT2D eigenvalue weighted by Gasteiger charge is -2.43. The Kier molecular flexibility index (Phi) is 8.56. The number of hydrogen-bond donors (Lipinski definition) is 1. The number of carbonyl (C=O) groups excluding carboxylic acids is 1. The maximum atomic E-state index is 12.9. The van der Waals surface area contributed by atoms with Crippen LogP contribution in [0, 0.1) is 0 Å². The molecule has 0 radical (unpaired) electrons. The van der Waals surface area contributed by atoms with Crippen LogP contribution in [0.15, 0.2) is 53.4 Å². The van der Waals surface area contributed by atoms with Crippen molar-refractivity contribution in [1.29, 1.82) is 0 Å². The summed E-state index contributed by atoms with van der Waals surface area (Å²) >= 11 is 6.23. The monoisotopic (exact) mass is 492 g/mol. The van der Waals surface area contributed by atoms with E-state index in [-0.39, 0.29) is 24.0 Å². The Hall–Kier alpha value is -1.93. The molecule has 1 aliphatic carbocycles. The predicted octanol–water partition coefficient (Wildman–Crippen LogP) is 3.60. The molecule has 0 atom stereocenters. The van der Waals surface area contributed by atoms with Crippen LogP contribution in [-0.4, -0.2) is 58.3 Å². The molecule has 2 aromatic rings. The van der Waals surface area contributed by atoms with Crippen LogP contribution in [0.4, 0.5) is 0 Å². The summed E-state index contributed by atoms with van der Waals surface area (Å²) in [5.41, 5.74) is 8.15. The summed E-state index contributed by atoms with van der Waals surface area (Å²) < 4.78 is 28.9. The third-order valence-corrected chi connectivity index (χ3v) is 8.08. The second-order valence-electron chi connectivity index (χ2n) is 8.92. The Morgan fingerprint density at radius 1 is 1.18 bits per heavy atom. The molecule has 0 aliphatic heterocycles. The van der Waals surface area contributed by atoms with Gasteiger partial charge in [0.15, 0.2) is 9.84 Å². The molecule has 8 heteroatoms. The van der Waals surface area contributed by atoms with Crippen molar-refractivity contribution in [1.82, 2.24) is 4.90 Å². The first-order valence-electron chi connectivity index (χ1n) is 11.2. The van der Waals surface area contributed by atoms with Gasteiger partial charge in [0.1, 0.15) is 6.61 Å². The van der Waals surface area contributed by atoms with Crippen LogP contribution in [0.5, 0.6) is 0 Å². The third-order valence-electron chi connectivity index (χ3n) is 6.74. The highest BCUT2D eigenvalue weighted by Crippen LogP contribution is 2.41. The van der Waals surface area contributed by atoms with Gasteiger partial charge in [-0.1, -0.05) is 35.9 Å². The van der Waals surface area contributed by atoms with Crippen molar-refractivity contribution in [2.75, 3.05) is 33.1 Å². The smallest absolute Gasteiger partial charge is 0.248 e. The molecule has 0 saturated heterocycles. The first-order chi connectivity index (χ1) is 15.7. The molecule has 2 N–H and O–H groups in total. The molecule has 0 unspecified atom stereocenters. The summed E-state index contributed by atoms with van der Waals surface area (Å²) in [6.45, 7) is 1.06. The van der Waals surface area contributed by atoms with E-state index < -0.39 is 9.84 Å². The Labute approximate surface area is 202 Å². The zero-order valence-electron chi connectivity index (χ0n) is 19.3. The minimum Gasteiger partial charge on any atom is -0.375 e. The number of carbonyl (C=O) groups is 1. The second-order valence-corrected chi connectivity index (χ2v) is 11.4. The van der Waals surface area contributed by atoms with Gasteiger partial charge in [-0.15, -0.1) is 0 Å². The second kappa shape index (κ2) is 11.0. The van der Waals surface area contributed by atoms with Crippen LogP contribution in [0.2, 0.25) is 5.02 Å². The third kappa shape index (κ3) is 6.35. The van der Waals surface area contributed by atoms with Gasteiger partial charge in [-0.25, -0.2) is 8.42 Å². The van der Waals surface area contributed by atoms with Gasteiger partial charge in [-0.2, -0.15) is 0 Å². The van der Waals surface area contributed by atoms with Crippen molar-refractivity contribution >= 4 is 27.3 Å². The number of nitrogens with zero attached hydrogens (tertiary/aromatic N) is 1. The molecular weight excluding hydrogens is 460 g/mol. The fraction of sp³-hybridized carbons (Fsp3) is 0.480. The summed E-state index contributed by atoms with van der Waals surface area (Å²) in [4.78, 5) is 15.1. The van der Waals surface area contributed by atoms with Crippen LogP contribution in [0.1, 0.15) is 36.8 Å². The number of amides is 1. The molecule has 3 rings (SSSR count). The molecule has 1 aliphatic rings. The van der Waals surface area contributed by atoms with Crippen molar-refractivity contribution in [3.05, 3.63) is 64.7 Å². The van der Waals surface area contributed by atoms with Gasteiger partial charge in [0.2, 0.25) is 5.91 Å². The van der Waals surface area contributed by atoms with E-state index in [2.05, 4.69) is 6.07 Å². The molecule has 33 heavy (non-hydrogen) atoms. The normalized spacial score (nSPS) is 21.0. The van der Waals surface area contributed by atoms with E-state index in [1.54, 1.807) is 18.2 Å². The van der Waals surface area contributed by atoms with Gasteiger partial charge in [-0.05, 0) is 67.5 Å². The van der Waals surface area contributed by atoms with Crippen molar-refractivity contribution in [3.63, 3.8) is 0 Å². The number of ether oxygens (including phenoxy) is 1. The summed E-state index contributed by atoms with van der Waals surface area (Å²) in [5, 5.41) is 0.704. The van der Waals surface area contributed by atoms with Gasteiger partial charge in [0.05, 0.1) is 4.90 Å². The Bertz CT molecular complexity index is 1070. The molecule has 6 nitrogen and oxygen atoms in total. The van der Waals surface area contributed by atoms with E-state index in [1.807, 2.05) is 29.2 Å². The molecule has 0 spiro atoms. The molecular formula is C25H33ClN2O4S. The molecule has 0 heterocycles. The highest BCUT2D eigenvalue weighted by molar-refractivity contribution is 7.90. The fourth-order valence-electron chi connectivity index (χ4n) is 4.79. The van der Waals surface area contributed by atoms with E-state index in [1.165, 1.54) is 13.4 Å². The van der Waals surface area contributed by atoms with E-state index in [0.717, 1.165) is 36.8 Å². The maximum absolute atomic E-state index is 12.9. The van der Waals surface area contributed by atoms with Crippen LogP contribution in [-0.2, 0) is 31.2 Å². The summed E-state index contributed by atoms with van der Waals surface area (Å²) in [7, 11) is -1.76. The average Bonchev–Trinajstić information content (AvgIpc) is 2.79. The molecule has 0 bridgehead atoms. The lowest BCUT2D eigenvalue weighted by Crippen LogP contribution is -2.49. The molecule has 1 amide bonds. The zero-order chi connectivity index (χ0) is 24.1. The zero-order valence-corrected chi connectivity index (χ0v) is 20.9. The van der Waals surface area contributed by atoms with Crippen molar-refractivity contribution < 1.29 is 17.9 Å². The van der Waals surface area contributed by atoms with Crippen molar-refractivity contribution in [3.8, 4) is 0 Å². The SMILES string of the molecule is COCC(=O)N(CCc1cccc(S(C)(=O)=O)c1)[C@H]1CC[C@](CN)(c2cccc(Cl)c2)CC1. The number of halogens is 1. The van der Waals surface area contributed by atoms with Gasteiger partial charge in [-0.3, -0.25) is 4.79 Å². The lowest BCUT2D eigenvalue weighted by molar-refractivity contribution is -0.138. The Morgan fingerprint density at radius 2 is 1.88 bits per heavy atom. The largest absolute Gasteiger partial charge is 0.375 e. The number of nitrogens with two attached hydrogens (primary N) is 1. The Morgan fingerprint density at radius 3 is 2.48 bits per heavy atom. The predicted molar refractivity (Wildman–Crippen MR) is 131 cm³/mol. The number of rotatable bonds is 9. The number of hydrogen-bond acceptors (Lipinski definition) is 5. The van der Waals surface area contributed by atoms with Crippen LogP contribution in [0.3, 0.4) is 0 Å². The molecule has 1 fully saturated rings. The van der Waals surface area contributed by atoms with Crippen molar-refractivity contribution in [2.24, 2.45) is 5.73 Å². The average molecular weight is 493 g/mol. The van der Waals surface area contributed by atoms with E-state index >= 15 is 0 Å². The van der Waals surface area contributed by atoms with E-state index in [9.17, 15) is 13.2 Å². The topological polar surface area (TPSA) is 89.7 Å². The van der Waals surface area contributed by atoms with E-state index in [4.69, 9.17) is 22.1 Å². The number of sulfone groups is 1. The minimum absolute atomic E-state index is 0.0240. The minimum atomic E-state index is -3.28. The molecule has 1 saturated carbocycles. The Balaban J connectivity index is 1.74. The lowest BCUT2D eigenvalue weighted by atomic mass is 9.68. The van der Waals surface area contributed by atoms with Crippen LogP contribution >= 0.6 is 11.6 Å². The van der Waals surface area contributed by atoms with Gasteiger partial charge in [0, 0.05) is 42.9 Å². The first-order valence-corrected chi connectivity index (χ1v) is 13.5. The quantitative estimate of drug-likeness (QED) is 0.577. The standard InChI is InChI=1S/C25H33ClN2O4S/c1-32-17-24(29)28(14-11-19-5-3-8-23(15-19)33(2,30)31)22-9-12-25(18-27,13-10-22)20-6-4-7-21(26)16-20/h3-8,15-16,22H,9-14,17-18,27H2,1-2H3/t22-,25-. The van der Waals surface area contributed by atoms with Crippen LogP contribution in [0.25, 0.3) is 0 Å². The van der Waals surface area contributed by atoms with Crippen molar-refractivity contribution in [2.45, 2.75) is 48.5 Å². The van der Waals surface area contributed by atoms with Gasteiger partial charge < -0.3 is 15.4 Å². The first kappa shape index (κ1) is 25.7. The van der Waals surface area contributed by atoms with Crippen LogP contribution < -0.4 is 5.73 Å². The molecule has 0 aromatic heterocycles. The molecule has 180 valence electrons. The number of benzene rings is 2. The van der Waals surface area contributed by atoms with E-state index in [0.29, 0.717) is 29.4 Å². The highest BCUT2D eigenvalue weighted by Gasteiger charge is 2.38. The summed E-state index contributed by atoms with van der Waals surface area (Å²) in [6, 6.07) is 14.9. The highest BCUT2D eigenvalue weighted by atomic mass is 35.5. The maximum Gasteiger partial charge on any atom is 0.248 e. The molecule has 2 aromatic carbocycles. The summed E-state index contributed by atoms with van der Waals surface area (Å²) in [6.07, 6.45) is 5.19. The number of methoxy groups -OCH3 is 1. The van der Waals surface area contributed by atoms with Gasteiger partial charge in [0.25, 0.3) is 0 Å². The summed E-state index contributed by atoms with van der Waals surface area (Å²) in [5.74, 6) is -0.0511. The van der Waals surface area contributed by atoms with Gasteiger partial charge >= 0.3 is 0 Å².